The van der Waals surface area contributed by atoms with Gasteiger partial charge in [0.1, 0.15) is 0 Å². The van der Waals surface area contributed by atoms with Gasteiger partial charge >= 0.3 is 0 Å². The van der Waals surface area contributed by atoms with E-state index in [1.54, 1.807) is 0 Å². The molecule has 1 unspecified atom stereocenters. The number of nitrogens with zero attached hydrogens (tertiary/aromatic N) is 1. The number of morpholine rings is 1. The van der Waals surface area contributed by atoms with Crippen molar-refractivity contribution < 1.29 is 17.9 Å². The molecule has 2 N–H and O–H groups in total. The first-order valence-corrected chi connectivity index (χ1v) is 6.56. The molecule has 0 bridgehead atoms. The van der Waals surface area contributed by atoms with Crippen LogP contribution in [-0.4, -0.2) is 36.7 Å². The summed E-state index contributed by atoms with van der Waals surface area (Å²) >= 11 is 0. The van der Waals surface area contributed by atoms with E-state index in [0.717, 1.165) is 12.1 Å². The van der Waals surface area contributed by atoms with Gasteiger partial charge in [-0.3, -0.25) is 4.90 Å². The predicted octanol–water partition coefficient (Wildman–Crippen LogP) is 2.21. The lowest BCUT2D eigenvalue weighted by atomic mass is 9.95. The summed E-state index contributed by atoms with van der Waals surface area (Å²) in [6, 6.07) is 1.65. The molecule has 0 radical (unpaired) electrons. The van der Waals surface area contributed by atoms with E-state index in [1.165, 1.54) is 0 Å². The first-order chi connectivity index (χ1) is 9.36. The molecule has 1 saturated heterocycles. The molecule has 6 heteroatoms. The maximum atomic E-state index is 13.4. The number of ether oxygens (including phenoxy) is 1. The van der Waals surface area contributed by atoms with E-state index < -0.39 is 17.5 Å². The van der Waals surface area contributed by atoms with Crippen molar-refractivity contribution in [2.45, 2.75) is 25.4 Å². The van der Waals surface area contributed by atoms with E-state index in [9.17, 15) is 13.2 Å². The third-order valence-electron chi connectivity index (χ3n) is 3.70. The van der Waals surface area contributed by atoms with Gasteiger partial charge in [-0.15, -0.1) is 0 Å². The summed E-state index contributed by atoms with van der Waals surface area (Å²) in [6.45, 7) is 5.79. The minimum absolute atomic E-state index is 0.188. The summed E-state index contributed by atoms with van der Waals surface area (Å²) in [5.41, 5.74) is 5.82. The van der Waals surface area contributed by atoms with Gasteiger partial charge in [0.15, 0.2) is 17.5 Å². The van der Waals surface area contributed by atoms with Crippen LogP contribution in [0.5, 0.6) is 0 Å². The Kier molecular flexibility index (Phi) is 4.36. The molecule has 112 valence electrons. The standard InChI is InChI=1S/C14H19F3N2O/c1-14(2)8-20-4-3-19(14)12(7-18)9-5-10(15)13(17)11(16)6-9/h5-6,12H,3-4,7-8,18H2,1-2H3. The molecule has 1 aromatic rings. The predicted molar refractivity (Wildman–Crippen MR) is 69.7 cm³/mol. The highest BCUT2D eigenvalue weighted by molar-refractivity contribution is 5.24. The Morgan fingerprint density at radius 2 is 1.90 bits per heavy atom. The van der Waals surface area contributed by atoms with E-state index in [-0.39, 0.29) is 18.1 Å². The van der Waals surface area contributed by atoms with Gasteiger partial charge in [-0.2, -0.15) is 0 Å². The van der Waals surface area contributed by atoms with E-state index in [0.29, 0.717) is 25.3 Å². The van der Waals surface area contributed by atoms with Crippen LogP contribution in [0.3, 0.4) is 0 Å². The topological polar surface area (TPSA) is 38.5 Å². The molecule has 0 saturated carbocycles. The van der Waals surface area contributed by atoms with Crippen LogP contribution in [0.25, 0.3) is 0 Å². The van der Waals surface area contributed by atoms with Gasteiger partial charge < -0.3 is 10.5 Å². The van der Waals surface area contributed by atoms with E-state index in [4.69, 9.17) is 10.5 Å². The summed E-state index contributed by atoms with van der Waals surface area (Å²) in [4.78, 5) is 2.04. The summed E-state index contributed by atoms with van der Waals surface area (Å²) in [7, 11) is 0. The SMILES string of the molecule is CC1(C)COCCN1C(CN)c1cc(F)c(F)c(F)c1. The van der Waals surface area contributed by atoms with Crippen molar-refractivity contribution >= 4 is 0 Å². The molecule has 1 aliphatic rings. The van der Waals surface area contributed by atoms with Crippen LogP contribution in [-0.2, 0) is 4.74 Å². The lowest BCUT2D eigenvalue weighted by molar-refractivity contribution is -0.0713. The number of halogens is 3. The van der Waals surface area contributed by atoms with Crippen LogP contribution in [0.2, 0.25) is 0 Å². The quantitative estimate of drug-likeness (QED) is 0.867. The Morgan fingerprint density at radius 3 is 2.40 bits per heavy atom. The monoisotopic (exact) mass is 288 g/mol. The number of hydrogen-bond acceptors (Lipinski definition) is 3. The second kappa shape index (κ2) is 5.71. The van der Waals surface area contributed by atoms with Gasteiger partial charge in [-0.05, 0) is 31.5 Å². The fourth-order valence-corrected chi connectivity index (χ4v) is 2.66. The molecule has 0 spiro atoms. The normalized spacial score (nSPS) is 20.9. The van der Waals surface area contributed by atoms with Crippen LogP contribution in [0.4, 0.5) is 13.2 Å². The third-order valence-corrected chi connectivity index (χ3v) is 3.70. The average Bonchev–Trinajstić information content (AvgIpc) is 2.38. The summed E-state index contributed by atoms with van der Waals surface area (Å²) in [6.07, 6.45) is 0. The van der Waals surface area contributed by atoms with E-state index in [1.807, 2.05) is 18.7 Å². The van der Waals surface area contributed by atoms with Crippen LogP contribution >= 0.6 is 0 Å². The first kappa shape index (κ1) is 15.3. The third kappa shape index (κ3) is 2.82. The average molecular weight is 288 g/mol. The fraction of sp³-hybridized carbons (Fsp3) is 0.571. The van der Waals surface area contributed by atoms with Crippen molar-refractivity contribution in [3.05, 3.63) is 35.1 Å². The Balaban J connectivity index is 2.37. The number of hydrogen-bond donors (Lipinski definition) is 1. The number of nitrogens with two attached hydrogens (primary N) is 1. The first-order valence-electron chi connectivity index (χ1n) is 6.56. The highest BCUT2D eigenvalue weighted by atomic mass is 19.2. The smallest absolute Gasteiger partial charge is 0.194 e. The summed E-state index contributed by atoms with van der Waals surface area (Å²) in [5.74, 6) is -3.83. The molecule has 0 amide bonds. The highest BCUT2D eigenvalue weighted by Crippen LogP contribution is 2.31. The van der Waals surface area contributed by atoms with Gasteiger partial charge in [0, 0.05) is 24.7 Å². The molecule has 1 atom stereocenters. The molecule has 1 heterocycles. The van der Waals surface area contributed by atoms with Crippen molar-refractivity contribution in [1.82, 2.24) is 4.90 Å². The Morgan fingerprint density at radius 1 is 1.30 bits per heavy atom. The van der Waals surface area contributed by atoms with Crippen LogP contribution < -0.4 is 5.73 Å². The van der Waals surface area contributed by atoms with Crippen molar-refractivity contribution in [2.75, 3.05) is 26.3 Å². The van der Waals surface area contributed by atoms with Gasteiger partial charge in [-0.25, -0.2) is 13.2 Å². The van der Waals surface area contributed by atoms with Gasteiger partial charge in [0.25, 0.3) is 0 Å². The van der Waals surface area contributed by atoms with Gasteiger partial charge in [0.05, 0.1) is 13.2 Å². The molecule has 1 fully saturated rings. The molecule has 0 aromatic heterocycles. The number of benzene rings is 1. The second-order valence-corrected chi connectivity index (χ2v) is 5.61. The molecule has 2 rings (SSSR count). The molecular weight excluding hydrogens is 269 g/mol. The maximum Gasteiger partial charge on any atom is 0.194 e. The maximum absolute atomic E-state index is 13.4. The lowest BCUT2D eigenvalue weighted by Crippen LogP contribution is -2.55. The minimum Gasteiger partial charge on any atom is -0.378 e. The summed E-state index contributed by atoms with van der Waals surface area (Å²) in [5, 5.41) is 0. The Labute approximate surface area is 116 Å². The molecular formula is C14H19F3N2O. The number of rotatable bonds is 3. The summed E-state index contributed by atoms with van der Waals surface area (Å²) < 4.78 is 45.3. The molecule has 3 nitrogen and oxygen atoms in total. The van der Waals surface area contributed by atoms with Crippen molar-refractivity contribution in [3.63, 3.8) is 0 Å². The lowest BCUT2D eigenvalue weighted by Gasteiger charge is -2.46. The zero-order valence-electron chi connectivity index (χ0n) is 11.6. The van der Waals surface area contributed by atoms with E-state index >= 15 is 0 Å². The zero-order valence-corrected chi connectivity index (χ0v) is 11.6. The molecule has 1 aliphatic heterocycles. The van der Waals surface area contributed by atoms with Crippen molar-refractivity contribution in [3.8, 4) is 0 Å². The van der Waals surface area contributed by atoms with Crippen LogP contribution in [0, 0.1) is 17.5 Å². The Bertz CT molecular complexity index is 470. The molecule has 0 aliphatic carbocycles. The van der Waals surface area contributed by atoms with E-state index in [2.05, 4.69) is 0 Å². The zero-order chi connectivity index (χ0) is 14.9. The van der Waals surface area contributed by atoms with Crippen molar-refractivity contribution in [1.29, 1.82) is 0 Å². The van der Waals surface area contributed by atoms with Crippen LogP contribution in [0.1, 0.15) is 25.5 Å². The van der Waals surface area contributed by atoms with Crippen molar-refractivity contribution in [2.24, 2.45) is 5.73 Å². The molecule has 1 aromatic carbocycles. The fourth-order valence-electron chi connectivity index (χ4n) is 2.66. The van der Waals surface area contributed by atoms with Gasteiger partial charge in [-0.1, -0.05) is 0 Å². The highest BCUT2D eigenvalue weighted by Gasteiger charge is 2.36. The Hall–Kier alpha value is -1.11. The van der Waals surface area contributed by atoms with Gasteiger partial charge in [0.2, 0.25) is 0 Å². The minimum atomic E-state index is -1.45. The largest absolute Gasteiger partial charge is 0.378 e. The van der Waals surface area contributed by atoms with Crippen LogP contribution in [0.15, 0.2) is 12.1 Å². The second-order valence-electron chi connectivity index (χ2n) is 5.61. The molecule has 20 heavy (non-hydrogen) atoms.